The van der Waals surface area contributed by atoms with E-state index in [0.29, 0.717) is 13.1 Å². The molecule has 2 fully saturated rings. The van der Waals surface area contributed by atoms with Gasteiger partial charge in [-0.3, -0.25) is 4.79 Å². The van der Waals surface area contributed by atoms with Gasteiger partial charge in [-0.1, -0.05) is 23.8 Å². The summed E-state index contributed by atoms with van der Waals surface area (Å²) in [6.45, 7) is 8.22. The molecule has 5 nitrogen and oxygen atoms in total. The summed E-state index contributed by atoms with van der Waals surface area (Å²) in [5.74, 6) is 1.06. The third-order valence-corrected chi connectivity index (χ3v) is 7.86. The predicted molar refractivity (Wildman–Crippen MR) is 123 cm³/mol. The second-order valence-electron chi connectivity index (χ2n) is 8.33. The average molecular weight is 424 g/mol. The highest BCUT2D eigenvalue weighted by Gasteiger charge is 2.47. The number of nitrogens with zero attached hydrogens (tertiary/aromatic N) is 2. The number of piperidine rings is 1. The Balaban J connectivity index is 1.40. The lowest BCUT2D eigenvalue weighted by Crippen LogP contribution is -2.54. The second-order valence-corrected chi connectivity index (χ2v) is 9.79. The van der Waals surface area contributed by atoms with Gasteiger partial charge in [-0.05, 0) is 69.0 Å². The molecule has 2 aromatic rings. The summed E-state index contributed by atoms with van der Waals surface area (Å²) >= 11 is 1.87. The van der Waals surface area contributed by atoms with Crippen molar-refractivity contribution in [3.05, 3.63) is 64.7 Å². The Morgan fingerprint density at radius 2 is 1.63 bits per heavy atom. The number of carbonyl (C=O) groups excluding carboxylic acids is 2. The van der Waals surface area contributed by atoms with E-state index < -0.39 is 0 Å². The van der Waals surface area contributed by atoms with Gasteiger partial charge in [0.25, 0.3) is 5.91 Å². The molecule has 6 heteroatoms. The number of amides is 3. The number of anilines is 1. The van der Waals surface area contributed by atoms with Gasteiger partial charge in [0.1, 0.15) is 0 Å². The van der Waals surface area contributed by atoms with Crippen molar-refractivity contribution in [1.82, 2.24) is 9.80 Å². The van der Waals surface area contributed by atoms with Crippen molar-refractivity contribution in [3.63, 3.8) is 0 Å². The fraction of sp³-hybridized carbons (Fsp3) is 0.417. The van der Waals surface area contributed by atoms with Gasteiger partial charge in [0.05, 0.1) is 4.87 Å². The molecule has 3 amide bonds. The third-order valence-electron chi connectivity index (χ3n) is 6.31. The smallest absolute Gasteiger partial charge is 0.321 e. The maximum Gasteiger partial charge on any atom is 0.321 e. The quantitative estimate of drug-likeness (QED) is 0.753. The highest BCUT2D eigenvalue weighted by molar-refractivity contribution is 8.00. The van der Waals surface area contributed by atoms with E-state index >= 15 is 0 Å². The van der Waals surface area contributed by atoms with Crippen LogP contribution in [0, 0.1) is 20.8 Å². The molecular formula is C24H29N3O2S. The first kappa shape index (κ1) is 20.8. The summed E-state index contributed by atoms with van der Waals surface area (Å²) in [5.41, 5.74) is 5.11. The molecular weight excluding hydrogens is 394 g/mol. The highest BCUT2D eigenvalue weighted by atomic mass is 32.2. The first-order valence-corrected chi connectivity index (χ1v) is 11.5. The van der Waals surface area contributed by atoms with Crippen LogP contribution in [0.25, 0.3) is 0 Å². The first-order valence-electron chi connectivity index (χ1n) is 10.5. The molecule has 4 rings (SSSR count). The molecule has 2 aliphatic rings. The molecule has 0 aromatic heterocycles. The Morgan fingerprint density at radius 1 is 0.933 bits per heavy atom. The molecule has 30 heavy (non-hydrogen) atoms. The fourth-order valence-corrected chi connectivity index (χ4v) is 5.70. The van der Waals surface area contributed by atoms with Crippen molar-refractivity contribution in [2.75, 3.05) is 30.7 Å². The van der Waals surface area contributed by atoms with E-state index in [0.717, 1.165) is 47.5 Å². The fourth-order valence-electron chi connectivity index (χ4n) is 4.24. The van der Waals surface area contributed by atoms with E-state index in [9.17, 15) is 9.59 Å². The normalized spacial score (nSPS) is 18.0. The molecule has 158 valence electrons. The second kappa shape index (κ2) is 8.34. The Kier molecular flexibility index (Phi) is 5.78. The molecule has 0 bridgehead atoms. The summed E-state index contributed by atoms with van der Waals surface area (Å²) in [5, 5.41) is 3.02. The van der Waals surface area contributed by atoms with E-state index in [4.69, 9.17) is 0 Å². The zero-order valence-corrected chi connectivity index (χ0v) is 18.7. The number of benzene rings is 2. The molecule has 0 atom stereocenters. The van der Waals surface area contributed by atoms with Gasteiger partial charge in [-0.25, -0.2) is 4.79 Å². The predicted octanol–water partition coefficient (Wildman–Crippen LogP) is 4.83. The van der Waals surface area contributed by atoms with Crippen molar-refractivity contribution in [2.24, 2.45) is 0 Å². The lowest BCUT2D eigenvalue weighted by Gasteiger charge is -2.44. The number of likely N-dealkylation sites (tertiary alicyclic amines) is 1. The minimum Gasteiger partial charge on any atom is -0.324 e. The van der Waals surface area contributed by atoms with E-state index in [1.807, 2.05) is 77.9 Å². The third kappa shape index (κ3) is 4.06. The van der Waals surface area contributed by atoms with Crippen molar-refractivity contribution in [2.45, 2.75) is 38.5 Å². The SMILES string of the molecule is Cc1ccc(C(=O)N2CCSC23CCN(C(=O)Nc2ccc(C)c(C)c2)CC3)cc1. The minimum atomic E-state index is -0.195. The largest absolute Gasteiger partial charge is 0.324 e. The average Bonchev–Trinajstić information content (AvgIpc) is 3.14. The van der Waals surface area contributed by atoms with Crippen molar-refractivity contribution < 1.29 is 9.59 Å². The zero-order valence-electron chi connectivity index (χ0n) is 17.9. The van der Waals surface area contributed by atoms with Crippen LogP contribution in [0.15, 0.2) is 42.5 Å². The van der Waals surface area contributed by atoms with E-state index in [1.165, 1.54) is 5.56 Å². The van der Waals surface area contributed by atoms with Gasteiger partial charge >= 0.3 is 6.03 Å². The van der Waals surface area contributed by atoms with Gasteiger partial charge in [-0.15, -0.1) is 11.8 Å². The number of thioether (sulfide) groups is 1. The van der Waals surface area contributed by atoms with Crippen LogP contribution < -0.4 is 5.32 Å². The Labute approximate surface area is 182 Å². The van der Waals surface area contributed by atoms with Crippen LogP contribution >= 0.6 is 11.8 Å². The van der Waals surface area contributed by atoms with Gasteiger partial charge in [-0.2, -0.15) is 0 Å². The van der Waals surface area contributed by atoms with Gasteiger partial charge in [0.15, 0.2) is 0 Å². The molecule has 0 saturated carbocycles. The summed E-state index contributed by atoms with van der Waals surface area (Å²) < 4.78 is 0. The topological polar surface area (TPSA) is 52.7 Å². The van der Waals surface area contributed by atoms with E-state index in [-0.39, 0.29) is 16.8 Å². The number of carbonyl (C=O) groups is 2. The maximum atomic E-state index is 13.2. The van der Waals surface area contributed by atoms with Crippen molar-refractivity contribution >= 4 is 29.4 Å². The van der Waals surface area contributed by atoms with E-state index in [1.54, 1.807) is 0 Å². The van der Waals surface area contributed by atoms with Crippen LogP contribution in [-0.2, 0) is 0 Å². The van der Waals surface area contributed by atoms with E-state index in [2.05, 4.69) is 12.2 Å². The number of hydrogen-bond donors (Lipinski definition) is 1. The van der Waals surface area contributed by atoms with Crippen molar-refractivity contribution in [3.8, 4) is 0 Å². The van der Waals surface area contributed by atoms with Crippen molar-refractivity contribution in [1.29, 1.82) is 0 Å². The lowest BCUT2D eigenvalue weighted by atomic mass is 10.0. The molecule has 2 saturated heterocycles. The summed E-state index contributed by atoms with van der Waals surface area (Å²) in [7, 11) is 0. The van der Waals surface area contributed by atoms with Gasteiger partial charge in [0.2, 0.25) is 0 Å². The molecule has 1 N–H and O–H groups in total. The maximum absolute atomic E-state index is 13.2. The monoisotopic (exact) mass is 423 g/mol. The number of nitrogens with one attached hydrogen (secondary N) is 1. The summed E-state index contributed by atoms with van der Waals surface area (Å²) in [6.07, 6.45) is 1.60. The van der Waals surface area contributed by atoms with Crippen LogP contribution in [0.2, 0.25) is 0 Å². The Morgan fingerprint density at radius 3 is 2.30 bits per heavy atom. The van der Waals surface area contributed by atoms with Gasteiger partial charge < -0.3 is 15.1 Å². The molecule has 2 aliphatic heterocycles. The summed E-state index contributed by atoms with van der Waals surface area (Å²) in [6, 6.07) is 13.7. The molecule has 0 aliphatic carbocycles. The molecule has 1 spiro atoms. The number of hydrogen-bond acceptors (Lipinski definition) is 3. The van der Waals surface area contributed by atoms with Crippen LogP contribution in [0.4, 0.5) is 10.5 Å². The number of rotatable bonds is 2. The minimum absolute atomic E-state index is 0.0625. The summed E-state index contributed by atoms with van der Waals surface area (Å²) in [4.78, 5) is 29.6. The molecule has 2 heterocycles. The van der Waals surface area contributed by atoms with Crippen LogP contribution in [0.1, 0.15) is 39.9 Å². The Bertz CT molecular complexity index is 949. The number of urea groups is 1. The van der Waals surface area contributed by atoms with Gasteiger partial charge in [0, 0.05) is 36.6 Å². The van der Waals surface area contributed by atoms with Crippen LogP contribution in [-0.4, -0.2) is 52.0 Å². The molecule has 0 unspecified atom stereocenters. The highest BCUT2D eigenvalue weighted by Crippen LogP contribution is 2.44. The molecule has 2 aromatic carbocycles. The van der Waals surface area contributed by atoms with Crippen LogP contribution in [0.3, 0.4) is 0 Å². The lowest BCUT2D eigenvalue weighted by molar-refractivity contribution is 0.0585. The standard InChI is InChI=1S/C24H29N3O2S/c1-17-4-7-20(8-5-17)22(28)27-14-15-30-24(27)10-12-26(13-11-24)23(29)25-21-9-6-18(2)19(3)16-21/h4-9,16H,10-15H2,1-3H3,(H,25,29). The van der Waals surface area contributed by atoms with Crippen LogP contribution in [0.5, 0.6) is 0 Å². The zero-order chi connectivity index (χ0) is 21.3. The Hall–Kier alpha value is -2.47. The first-order chi connectivity index (χ1) is 14.4. The molecule has 0 radical (unpaired) electrons. The number of aryl methyl sites for hydroxylation is 3.